The van der Waals surface area contributed by atoms with E-state index in [4.69, 9.17) is 0 Å². The summed E-state index contributed by atoms with van der Waals surface area (Å²) in [5.74, 6) is 0. The van der Waals surface area contributed by atoms with Gasteiger partial charge in [-0.3, -0.25) is 0 Å². The molecule has 4 heteroatoms. The van der Waals surface area contributed by atoms with Gasteiger partial charge in [-0.05, 0) is 56.4 Å². The Balaban J connectivity index is 1.69. The molecule has 1 atom stereocenters. The second-order valence-electron chi connectivity index (χ2n) is 6.53. The molecule has 0 radical (unpaired) electrons. The van der Waals surface area contributed by atoms with Crippen molar-refractivity contribution in [2.75, 3.05) is 49.8 Å². The molecule has 0 fully saturated rings. The summed E-state index contributed by atoms with van der Waals surface area (Å²) in [6.07, 6.45) is 0.197. The number of rotatable bonds is 5. The van der Waals surface area contributed by atoms with E-state index in [0.29, 0.717) is 0 Å². The van der Waals surface area contributed by atoms with Crippen LogP contribution in [0.1, 0.15) is 17.3 Å². The van der Waals surface area contributed by atoms with Crippen LogP contribution in [0.2, 0.25) is 0 Å². The van der Waals surface area contributed by atoms with E-state index < -0.39 is 0 Å². The van der Waals surface area contributed by atoms with Gasteiger partial charge in [0, 0.05) is 25.8 Å². The minimum absolute atomic E-state index is 0.197. The number of aryl methyl sites for hydroxylation is 1. The van der Waals surface area contributed by atoms with Gasteiger partial charge in [0.05, 0.1) is 11.4 Å². The predicted octanol–water partition coefficient (Wildman–Crippen LogP) is 3.53. The van der Waals surface area contributed by atoms with Crippen molar-refractivity contribution in [3.8, 4) is 0 Å². The standard InChI is InChI=1S/C19H26N4/c1-14-5-10-17-18(13-14)23(4)19(21-17)15-6-8-16(9-7-15)20-11-12-22(2)3/h5-10,13,19-21H,11-12H2,1-4H3. The maximum absolute atomic E-state index is 3.60. The van der Waals surface area contributed by atoms with Gasteiger partial charge in [-0.25, -0.2) is 0 Å². The van der Waals surface area contributed by atoms with E-state index in [2.05, 4.69) is 91.0 Å². The van der Waals surface area contributed by atoms with Crippen molar-refractivity contribution in [2.45, 2.75) is 13.1 Å². The third-order valence-electron chi connectivity index (χ3n) is 4.33. The average molecular weight is 310 g/mol. The zero-order chi connectivity index (χ0) is 16.4. The fraction of sp³-hybridized carbons (Fsp3) is 0.368. The molecule has 0 bridgehead atoms. The highest BCUT2D eigenvalue weighted by atomic mass is 15.3. The number of fused-ring (bicyclic) bond motifs is 1. The molecule has 122 valence electrons. The first-order chi connectivity index (χ1) is 11.0. The molecule has 1 aliphatic heterocycles. The summed E-state index contributed by atoms with van der Waals surface area (Å²) >= 11 is 0. The molecule has 0 saturated carbocycles. The van der Waals surface area contributed by atoms with Gasteiger partial charge in [-0.2, -0.15) is 0 Å². The molecule has 1 aliphatic rings. The molecule has 1 heterocycles. The van der Waals surface area contributed by atoms with Crippen LogP contribution in [0.3, 0.4) is 0 Å². The van der Waals surface area contributed by atoms with Crippen LogP contribution < -0.4 is 15.5 Å². The molecule has 1 unspecified atom stereocenters. The highest BCUT2D eigenvalue weighted by Gasteiger charge is 2.26. The van der Waals surface area contributed by atoms with E-state index in [1.165, 1.54) is 28.2 Å². The number of anilines is 3. The lowest BCUT2D eigenvalue weighted by Gasteiger charge is -2.23. The van der Waals surface area contributed by atoms with Crippen LogP contribution in [0.15, 0.2) is 42.5 Å². The molecule has 3 rings (SSSR count). The van der Waals surface area contributed by atoms with E-state index in [-0.39, 0.29) is 6.17 Å². The Hall–Kier alpha value is -2.20. The second kappa shape index (κ2) is 6.50. The summed E-state index contributed by atoms with van der Waals surface area (Å²) in [6, 6.07) is 15.3. The summed E-state index contributed by atoms with van der Waals surface area (Å²) < 4.78 is 0. The molecule has 4 nitrogen and oxygen atoms in total. The van der Waals surface area contributed by atoms with Crippen LogP contribution in [0, 0.1) is 6.92 Å². The number of likely N-dealkylation sites (N-methyl/N-ethyl adjacent to an activating group) is 1. The Kier molecular flexibility index (Phi) is 4.44. The summed E-state index contributed by atoms with van der Waals surface area (Å²) in [5, 5.41) is 7.06. The van der Waals surface area contributed by atoms with E-state index in [0.717, 1.165) is 13.1 Å². The van der Waals surface area contributed by atoms with Gasteiger partial charge in [0.1, 0.15) is 6.17 Å². The molecule has 2 aromatic rings. The number of benzene rings is 2. The number of nitrogens with one attached hydrogen (secondary N) is 2. The maximum atomic E-state index is 3.60. The normalized spacial score (nSPS) is 16.4. The smallest absolute Gasteiger partial charge is 0.125 e. The van der Waals surface area contributed by atoms with Gasteiger partial charge >= 0.3 is 0 Å². The zero-order valence-electron chi connectivity index (χ0n) is 14.4. The first-order valence-electron chi connectivity index (χ1n) is 8.13. The van der Waals surface area contributed by atoms with Crippen molar-refractivity contribution in [1.29, 1.82) is 0 Å². The number of hydrogen-bond donors (Lipinski definition) is 2. The Labute approximate surface area is 139 Å². The maximum Gasteiger partial charge on any atom is 0.125 e. The molecule has 23 heavy (non-hydrogen) atoms. The molecule has 0 amide bonds. The average Bonchev–Trinajstić information content (AvgIpc) is 2.85. The van der Waals surface area contributed by atoms with Crippen molar-refractivity contribution in [2.24, 2.45) is 0 Å². The molecule has 0 spiro atoms. The number of hydrogen-bond acceptors (Lipinski definition) is 4. The highest BCUT2D eigenvalue weighted by molar-refractivity contribution is 5.77. The first kappa shape index (κ1) is 15.7. The van der Waals surface area contributed by atoms with Crippen LogP contribution in [-0.2, 0) is 0 Å². The zero-order valence-corrected chi connectivity index (χ0v) is 14.4. The molecule has 0 saturated heterocycles. The number of nitrogens with zero attached hydrogens (tertiary/aromatic N) is 2. The summed E-state index contributed by atoms with van der Waals surface area (Å²) in [6.45, 7) is 4.12. The topological polar surface area (TPSA) is 30.5 Å². The Morgan fingerprint density at radius 2 is 1.87 bits per heavy atom. The van der Waals surface area contributed by atoms with Crippen molar-refractivity contribution in [1.82, 2.24) is 4.90 Å². The molecule has 2 aromatic carbocycles. The van der Waals surface area contributed by atoms with E-state index in [1.54, 1.807) is 0 Å². The van der Waals surface area contributed by atoms with E-state index >= 15 is 0 Å². The highest BCUT2D eigenvalue weighted by Crippen LogP contribution is 2.40. The van der Waals surface area contributed by atoms with Crippen molar-refractivity contribution in [3.63, 3.8) is 0 Å². The fourth-order valence-corrected chi connectivity index (χ4v) is 2.95. The van der Waals surface area contributed by atoms with E-state index in [9.17, 15) is 0 Å². The summed E-state index contributed by atoms with van der Waals surface area (Å²) in [5.41, 5.74) is 6.21. The van der Waals surface area contributed by atoms with Gasteiger partial charge in [-0.1, -0.05) is 18.2 Å². The van der Waals surface area contributed by atoms with E-state index in [1.807, 2.05) is 0 Å². The second-order valence-corrected chi connectivity index (χ2v) is 6.53. The largest absolute Gasteiger partial charge is 0.384 e. The van der Waals surface area contributed by atoms with Crippen LogP contribution >= 0.6 is 0 Å². The van der Waals surface area contributed by atoms with Crippen molar-refractivity contribution in [3.05, 3.63) is 53.6 Å². The van der Waals surface area contributed by atoms with Crippen molar-refractivity contribution < 1.29 is 0 Å². The minimum atomic E-state index is 0.197. The van der Waals surface area contributed by atoms with Gasteiger partial charge in [-0.15, -0.1) is 0 Å². The van der Waals surface area contributed by atoms with Crippen molar-refractivity contribution >= 4 is 17.1 Å². The van der Waals surface area contributed by atoms with Gasteiger partial charge in [0.15, 0.2) is 0 Å². The Bertz CT molecular complexity index is 664. The first-order valence-corrected chi connectivity index (χ1v) is 8.13. The molecular weight excluding hydrogens is 284 g/mol. The lowest BCUT2D eigenvalue weighted by molar-refractivity contribution is 0.425. The minimum Gasteiger partial charge on any atom is -0.384 e. The van der Waals surface area contributed by atoms with Gasteiger partial charge in [0.25, 0.3) is 0 Å². The quantitative estimate of drug-likeness (QED) is 0.884. The summed E-state index contributed by atoms with van der Waals surface area (Å²) in [4.78, 5) is 4.48. The Morgan fingerprint density at radius 3 is 2.57 bits per heavy atom. The summed E-state index contributed by atoms with van der Waals surface area (Å²) in [7, 11) is 6.32. The third kappa shape index (κ3) is 3.42. The van der Waals surface area contributed by atoms with Gasteiger partial charge in [0.2, 0.25) is 0 Å². The van der Waals surface area contributed by atoms with Crippen LogP contribution in [0.4, 0.5) is 17.1 Å². The monoisotopic (exact) mass is 310 g/mol. The van der Waals surface area contributed by atoms with Crippen LogP contribution in [0.5, 0.6) is 0 Å². The fourth-order valence-electron chi connectivity index (χ4n) is 2.95. The molecule has 0 aromatic heterocycles. The molecule has 2 N–H and O–H groups in total. The van der Waals surface area contributed by atoms with Crippen LogP contribution in [0.25, 0.3) is 0 Å². The lowest BCUT2D eigenvalue weighted by atomic mass is 10.1. The molecular formula is C19H26N4. The Morgan fingerprint density at radius 1 is 1.13 bits per heavy atom. The third-order valence-corrected chi connectivity index (χ3v) is 4.33. The van der Waals surface area contributed by atoms with Crippen LogP contribution in [-0.4, -0.2) is 39.1 Å². The predicted molar refractivity (Wildman–Crippen MR) is 99.4 cm³/mol. The SMILES string of the molecule is Cc1ccc2c(c1)N(C)C(c1ccc(NCCN(C)C)cc1)N2. The van der Waals surface area contributed by atoms with Gasteiger partial charge < -0.3 is 20.4 Å². The molecule has 0 aliphatic carbocycles. The lowest BCUT2D eigenvalue weighted by Crippen LogP contribution is -2.23.